The minimum Gasteiger partial charge on any atom is -0.484 e. The molecule has 0 spiro atoms. The molecule has 0 N–H and O–H groups in total. The molecule has 1 aliphatic rings. The molecule has 0 saturated heterocycles. The van der Waals surface area contributed by atoms with E-state index in [4.69, 9.17) is 30.2 Å². The van der Waals surface area contributed by atoms with Crippen LogP contribution in [0.15, 0.2) is 75.9 Å². The predicted octanol–water partition coefficient (Wildman–Crippen LogP) is 5.10. The highest BCUT2D eigenvalue weighted by molar-refractivity contribution is 6.33. The van der Waals surface area contributed by atoms with Gasteiger partial charge in [0.15, 0.2) is 23.9 Å². The fourth-order valence-corrected chi connectivity index (χ4v) is 3.65. The van der Waals surface area contributed by atoms with Crippen LogP contribution in [0.2, 0.25) is 5.02 Å². The van der Waals surface area contributed by atoms with Gasteiger partial charge < -0.3 is 18.6 Å². The fraction of sp³-hybridized carbons (Fsp3) is 0.0833. The molecule has 1 aliphatic heterocycles. The van der Waals surface area contributed by atoms with Crippen LogP contribution in [0.4, 0.5) is 0 Å². The lowest BCUT2D eigenvalue weighted by molar-refractivity contribution is 0.0921. The average molecular weight is 435 g/mol. The first-order chi connectivity index (χ1) is 15.1. The Morgan fingerprint density at radius 1 is 0.968 bits per heavy atom. The van der Waals surface area contributed by atoms with E-state index in [1.165, 1.54) is 12.1 Å². The van der Waals surface area contributed by atoms with E-state index in [0.717, 1.165) is 5.56 Å². The quantitative estimate of drug-likeness (QED) is 0.321. The lowest BCUT2D eigenvalue weighted by atomic mass is 10.0. The Hall–Kier alpha value is -3.77. The monoisotopic (exact) mass is 434 g/mol. The molecule has 1 aromatic heterocycles. The topological polar surface area (TPSA) is 75.0 Å². The van der Waals surface area contributed by atoms with Crippen molar-refractivity contribution < 1.29 is 23.4 Å². The minimum atomic E-state index is -0.490. The smallest absolute Gasteiger partial charge is 0.336 e. The summed E-state index contributed by atoms with van der Waals surface area (Å²) < 4.78 is 21.6. The van der Waals surface area contributed by atoms with E-state index in [1.807, 2.05) is 30.3 Å². The fourth-order valence-electron chi connectivity index (χ4n) is 3.43. The van der Waals surface area contributed by atoms with Crippen molar-refractivity contribution in [3.8, 4) is 28.4 Å². The van der Waals surface area contributed by atoms with Gasteiger partial charge >= 0.3 is 5.63 Å². The van der Waals surface area contributed by atoms with Crippen molar-refractivity contribution in [1.29, 1.82) is 0 Å². The van der Waals surface area contributed by atoms with Crippen molar-refractivity contribution in [2.24, 2.45) is 0 Å². The number of carbonyl (C=O) groups excluding carboxylic acids is 1. The molecule has 2 heterocycles. The first kappa shape index (κ1) is 19.2. The van der Waals surface area contributed by atoms with E-state index in [0.29, 0.717) is 38.6 Å². The second-order valence-corrected chi connectivity index (χ2v) is 7.31. The molecule has 31 heavy (non-hydrogen) atoms. The molecule has 0 bridgehead atoms. The van der Waals surface area contributed by atoms with Gasteiger partial charge in [0.05, 0.1) is 5.02 Å². The summed E-state index contributed by atoms with van der Waals surface area (Å²) in [4.78, 5) is 24.6. The molecule has 0 fully saturated rings. The molecule has 0 saturated carbocycles. The lowest BCUT2D eigenvalue weighted by Gasteiger charge is -2.11. The highest BCUT2D eigenvalue weighted by Crippen LogP contribution is 2.35. The van der Waals surface area contributed by atoms with Crippen molar-refractivity contribution in [2.45, 2.75) is 0 Å². The van der Waals surface area contributed by atoms with Crippen LogP contribution in [0.1, 0.15) is 10.4 Å². The number of hydrogen-bond acceptors (Lipinski definition) is 6. The van der Waals surface area contributed by atoms with Gasteiger partial charge in [-0.2, -0.15) is 0 Å². The maximum absolute atomic E-state index is 12.5. The average Bonchev–Trinajstić information content (AvgIpc) is 3.26. The molecular formula is C24H15ClO6. The van der Waals surface area contributed by atoms with Crippen LogP contribution in [0.3, 0.4) is 0 Å². The second-order valence-electron chi connectivity index (χ2n) is 6.90. The van der Waals surface area contributed by atoms with E-state index in [9.17, 15) is 9.59 Å². The number of hydrogen-bond donors (Lipinski definition) is 0. The SMILES string of the molecule is O=C(COc1cc2oc(=O)cc(-c3ccccc3)c2cc1Cl)c1ccc2c(c1)OCO2. The lowest BCUT2D eigenvalue weighted by Crippen LogP contribution is -2.12. The van der Waals surface area contributed by atoms with Crippen LogP contribution in [-0.4, -0.2) is 19.2 Å². The summed E-state index contributed by atoms with van der Waals surface area (Å²) in [5, 5.41) is 0.974. The summed E-state index contributed by atoms with van der Waals surface area (Å²) in [7, 11) is 0. The zero-order valence-electron chi connectivity index (χ0n) is 16.1. The van der Waals surface area contributed by atoms with Gasteiger partial charge in [0, 0.05) is 23.1 Å². The number of rotatable bonds is 5. The molecule has 4 aromatic rings. The first-order valence-electron chi connectivity index (χ1n) is 9.47. The highest BCUT2D eigenvalue weighted by atomic mass is 35.5. The van der Waals surface area contributed by atoms with Gasteiger partial charge in [-0.05, 0) is 35.4 Å². The van der Waals surface area contributed by atoms with E-state index >= 15 is 0 Å². The third-order valence-electron chi connectivity index (χ3n) is 4.94. The summed E-state index contributed by atoms with van der Waals surface area (Å²) in [6, 6.07) is 19.0. The van der Waals surface area contributed by atoms with Gasteiger partial charge in [-0.15, -0.1) is 0 Å². The van der Waals surface area contributed by atoms with E-state index in [-0.39, 0.29) is 24.9 Å². The number of ether oxygens (including phenoxy) is 3. The first-order valence-corrected chi connectivity index (χ1v) is 9.85. The van der Waals surface area contributed by atoms with Crippen LogP contribution >= 0.6 is 11.6 Å². The maximum Gasteiger partial charge on any atom is 0.336 e. The van der Waals surface area contributed by atoms with Gasteiger partial charge in [-0.1, -0.05) is 41.9 Å². The molecule has 3 aromatic carbocycles. The molecular weight excluding hydrogens is 420 g/mol. The molecule has 5 rings (SSSR count). The van der Waals surface area contributed by atoms with Crippen molar-refractivity contribution in [2.75, 3.05) is 13.4 Å². The summed E-state index contributed by atoms with van der Waals surface area (Å²) in [6.45, 7) is -0.111. The minimum absolute atomic E-state index is 0.131. The molecule has 0 radical (unpaired) electrons. The van der Waals surface area contributed by atoms with Gasteiger partial charge in [-0.25, -0.2) is 4.79 Å². The predicted molar refractivity (Wildman–Crippen MR) is 115 cm³/mol. The normalized spacial score (nSPS) is 12.2. The number of ketones is 1. The van der Waals surface area contributed by atoms with Gasteiger partial charge in [0.25, 0.3) is 0 Å². The van der Waals surface area contributed by atoms with E-state index in [1.54, 1.807) is 24.3 Å². The molecule has 154 valence electrons. The van der Waals surface area contributed by atoms with Crippen LogP contribution in [-0.2, 0) is 0 Å². The third-order valence-corrected chi connectivity index (χ3v) is 5.23. The summed E-state index contributed by atoms with van der Waals surface area (Å²) in [5.74, 6) is 1.11. The summed E-state index contributed by atoms with van der Waals surface area (Å²) >= 11 is 6.42. The number of Topliss-reactive ketones (excluding diaryl/α,β-unsaturated/α-hetero) is 1. The van der Waals surface area contributed by atoms with Gasteiger partial charge in [0.1, 0.15) is 11.3 Å². The Kier molecular flexibility index (Phi) is 4.84. The zero-order chi connectivity index (χ0) is 21.4. The Bertz CT molecular complexity index is 1360. The molecule has 6 nitrogen and oxygen atoms in total. The number of halogens is 1. The molecule has 0 unspecified atom stereocenters. The van der Waals surface area contributed by atoms with Gasteiger partial charge in [0.2, 0.25) is 6.79 Å². The van der Waals surface area contributed by atoms with E-state index < -0.39 is 5.63 Å². The van der Waals surface area contributed by atoms with Crippen LogP contribution < -0.4 is 19.8 Å². The Morgan fingerprint density at radius 2 is 1.77 bits per heavy atom. The highest BCUT2D eigenvalue weighted by Gasteiger charge is 2.18. The second kappa shape index (κ2) is 7.81. The van der Waals surface area contributed by atoms with Crippen LogP contribution in [0.25, 0.3) is 22.1 Å². The number of fused-ring (bicyclic) bond motifs is 2. The Morgan fingerprint density at radius 3 is 2.61 bits per heavy atom. The van der Waals surface area contributed by atoms with Crippen molar-refractivity contribution >= 4 is 28.4 Å². The zero-order valence-corrected chi connectivity index (χ0v) is 16.8. The molecule has 0 aliphatic carbocycles. The van der Waals surface area contributed by atoms with Crippen molar-refractivity contribution in [3.05, 3.63) is 87.7 Å². The van der Waals surface area contributed by atoms with Crippen molar-refractivity contribution in [1.82, 2.24) is 0 Å². The number of benzene rings is 3. The Labute approximate surface area is 181 Å². The Balaban J connectivity index is 1.44. The number of carbonyl (C=O) groups is 1. The largest absolute Gasteiger partial charge is 0.484 e. The van der Waals surface area contributed by atoms with Gasteiger partial charge in [-0.3, -0.25) is 4.79 Å². The molecule has 0 amide bonds. The third kappa shape index (κ3) is 3.73. The van der Waals surface area contributed by atoms with E-state index in [2.05, 4.69) is 0 Å². The van der Waals surface area contributed by atoms with Crippen molar-refractivity contribution in [3.63, 3.8) is 0 Å². The molecule has 7 heteroatoms. The maximum atomic E-state index is 12.5. The summed E-state index contributed by atoms with van der Waals surface area (Å²) in [5.41, 5.74) is 1.83. The molecule has 0 atom stereocenters. The van der Waals surface area contributed by atoms with Crippen LogP contribution in [0.5, 0.6) is 17.2 Å². The summed E-state index contributed by atoms with van der Waals surface area (Å²) in [6.07, 6.45) is 0. The standard InChI is InChI=1S/C24H15ClO6/c25-18-9-17-16(14-4-2-1-3-5-14)10-24(27)31-21(17)11-22(18)28-12-19(26)15-6-7-20-23(8-15)30-13-29-20/h1-11H,12-13H2. The van der Waals surface area contributed by atoms with Crippen LogP contribution in [0, 0.1) is 0 Å².